The van der Waals surface area contributed by atoms with E-state index in [1.807, 2.05) is 17.8 Å². The van der Waals surface area contributed by atoms with Crippen molar-refractivity contribution in [2.24, 2.45) is 7.05 Å². The normalized spacial score (nSPS) is 12.6. The average molecular weight is 296 g/mol. The van der Waals surface area contributed by atoms with Crippen LogP contribution in [0.2, 0.25) is 5.02 Å². The summed E-state index contributed by atoms with van der Waals surface area (Å²) in [6.07, 6.45) is 5.19. The van der Waals surface area contributed by atoms with Gasteiger partial charge in [0.25, 0.3) is 0 Å². The first-order valence-corrected chi connectivity index (χ1v) is 7.13. The molecule has 5 heteroatoms. The molecule has 3 nitrogen and oxygen atoms in total. The highest BCUT2D eigenvalue weighted by molar-refractivity contribution is 6.31. The molecule has 2 aromatic rings. The first-order chi connectivity index (χ1) is 9.61. The monoisotopic (exact) mass is 295 g/mol. The van der Waals surface area contributed by atoms with Gasteiger partial charge < -0.3 is 9.88 Å². The zero-order chi connectivity index (χ0) is 14.5. The Bertz CT molecular complexity index is 548. The molecule has 0 amide bonds. The molecule has 108 valence electrons. The fourth-order valence-corrected chi connectivity index (χ4v) is 2.38. The van der Waals surface area contributed by atoms with Crippen molar-refractivity contribution in [3.63, 3.8) is 0 Å². The van der Waals surface area contributed by atoms with Crippen molar-refractivity contribution in [1.82, 2.24) is 14.9 Å². The zero-order valence-corrected chi connectivity index (χ0v) is 12.5. The van der Waals surface area contributed by atoms with Crippen LogP contribution in [-0.4, -0.2) is 16.1 Å². The largest absolute Gasteiger partial charge is 0.340 e. The van der Waals surface area contributed by atoms with Gasteiger partial charge in [-0.2, -0.15) is 0 Å². The first kappa shape index (κ1) is 15.0. The van der Waals surface area contributed by atoms with Gasteiger partial charge in [-0.15, -0.1) is 0 Å². The van der Waals surface area contributed by atoms with Crippen LogP contribution in [0, 0.1) is 5.82 Å². The molecule has 0 radical (unpaired) electrons. The van der Waals surface area contributed by atoms with Gasteiger partial charge in [0.15, 0.2) is 0 Å². The molecule has 1 aromatic heterocycles. The molecule has 0 bridgehead atoms. The third kappa shape index (κ3) is 3.58. The number of nitrogens with one attached hydrogen (secondary N) is 1. The van der Waals surface area contributed by atoms with Crippen molar-refractivity contribution < 1.29 is 4.39 Å². The van der Waals surface area contributed by atoms with Crippen LogP contribution in [0.5, 0.6) is 0 Å². The maximum Gasteiger partial charge on any atom is 0.127 e. The Morgan fingerprint density at radius 2 is 2.25 bits per heavy atom. The summed E-state index contributed by atoms with van der Waals surface area (Å²) >= 11 is 6.11. The van der Waals surface area contributed by atoms with Gasteiger partial charge in [0.2, 0.25) is 0 Å². The molecule has 1 atom stereocenters. The highest BCUT2D eigenvalue weighted by Gasteiger charge is 2.18. The van der Waals surface area contributed by atoms with Crippen molar-refractivity contribution in [3.05, 3.63) is 52.8 Å². The summed E-state index contributed by atoms with van der Waals surface area (Å²) in [4.78, 5) is 4.36. The first-order valence-electron chi connectivity index (χ1n) is 6.76. The van der Waals surface area contributed by atoms with Crippen molar-refractivity contribution in [2.45, 2.75) is 25.8 Å². The van der Waals surface area contributed by atoms with Crippen molar-refractivity contribution >= 4 is 11.6 Å². The third-order valence-corrected chi connectivity index (χ3v) is 3.55. The van der Waals surface area contributed by atoms with Gasteiger partial charge in [-0.25, -0.2) is 9.37 Å². The maximum absolute atomic E-state index is 13.9. The summed E-state index contributed by atoms with van der Waals surface area (Å²) in [5.41, 5.74) is 1.44. The molecule has 1 heterocycles. The summed E-state index contributed by atoms with van der Waals surface area (Å²) in [5, 5.41) is 3.86. The number of halogens is 2. The second-order valence-electron chi connectivity index (χ2n) is 4.88. The van der Waals surface area contributed by atoms with E-state index in [4.69, 9.17) is 11.6 Å². The molecule has 0 spiro atoms. The van der Waals surface area contributed by atoms with E-state index in [-0.39, 0.29) is 11.9 Å². The molecule has 0 aliphatic heterocycles. The van der Waals surface area contributed by atoms with E-state index in [1.54, 1.807) is 18.5 Å². The Hall–Kier alpha value is -1.39. The van der Waals surface area contributed by atoms with Gasteiger partial charge in [-0.05, 0) is 31.5 Å². The number of nitrogens with zero attached hydrogens (tertiary/aromatic N) is 2. The Labute approximate surface area is 123 Å². The summed E-state index contributed by atoms with van der Waals surface area (Å²) < 4.78 is 15.8. The minimum atomic E-state index is -0.267. The fourth-order valence-electron chi connectivity index (χ4n) is 2.14. The van der Waals surface area contributed by atoms with E-state index in [2.05, 4.69) is 17.2 Å². The molecular weight excluding hydrogens is 277 g/mol. The topological polar surface area (TPSA) is 29.9 Å². The number of hydrogen-bond donors (Lipinski definition) is 1. The third-order valence-electron chi connectivity index (χ3n) is 3.19. The highest BCUT2D eigenvalue weighted by Crippen LogP contribution is 2.25. The second-order valence-corrected chi connectivity index (χ2v) is 5.28. The standard InChI is InChI=1S/C15H19ClFN3/c1-3-7-18-14(15-9-20(2)10-19-15)8-11-12(16)5-4-6-13(11)17/h4-6,9-10,14,18H,3,7-8H2,1-2H3. The van der Waals surface area contributed by atoms with Crippen LogP contribution in [0.4, 0.5) is 4.39 Å². The van der Waals surface area contributed by atoms with Crippen LogP contribution in [0.15, 0.2) is 30.7 Å². The van der Waals surface area contributed by atoms with Crippen molar-refractivity contribution in [3.8, 4) is 0 Å². The van der Waals surface area contributed by atoms with Gasteiger partial charge in [0, 0.05) is 23.8 Å². The summed E-state index contributed by atoms with van der Waals surface area (Å²) in [6.45, 7) is 2.95. The lowest BCUT2D eigenvalue weighted by molar-refractivity contribution is 0.504. The molecule has 20 heavy (non-hydrogen) atoms. The maximum atomic E-state index is 13.9. The molecule has 0 fully saturated rings. The Morgan fingerprint density at radius 3 is 2.85 bits per heavy atom. The molecular formula is C15H19ClFN3. The van der Waals surface area contributed by atoms with E-state index in [9.17, 15) is 4.39 Å². The smallest absolute Gasteiger partial charge is 0.127 e. The number of benzene rings is 1. The molecule has 1 unspecified atom stereocenters. The van der Waals surface area contributed by atoms with Crippen LogP contribution < -0.4 is 5.32 Å². The number of hydrogen-bond acceptors (Lipinski definition) is 2. The Balaban J connectivity index is 2.23. The van der Waals surface area contributed by atoms with Crippen molar-refractivity contribution in [1.29, 1.82) is 0 Å². The van der Waals surface area contributed by atoms with Gasteiger partial charge in [-0.3, -0.25) is 0 Å². The number of imidazole rings is 1. The predicted octanol–water partition coefficient (Wildman–Crippen LogP) is 3.50. The van der Waals surface area contributed by atoms with E-state index in [0.717, 1.165) is 18.7 Å². The van der Waals surface area contributed by atoms with Crippen LogP contribution in [0.3, 0.4) is 0 Å². The Morgan fingerprint density at radius 1 is 1.45 bits per heavy atom. The van der Waals surface area contributed by atoms with Gasteiger partial charge in [-0.1, -0.05) is 24.6 Å². The van der Waals surface area contributed by atoms with Crippen LogP contribution in [0.25, 0.3) is 0 Å². The molecule has 1 N–H and O–H groups in total. The second kappa shape index (κ2) is 6.86. The Kier molecular flexibility index (Phi) is 5.15. The summed E-state index contributed by atoms with van der Waals surface area (Å²) in [7, 11) is 1.92. The number of aryl methyl sites for hydroxylation is 1. The average Bonchev–Trinajstić information content (AvgIpc) is 2.84. The van der Waals surface area contributed by atoms with Gasteiger partial charge >= 0.3 is 0 Å². The van der Waals surface area contributed by atoms with Gasteiger partial charge in [0.1, 0.15) is 5.82 Å². The van der Waals surface area contributed by atoms with Crippen LogP contribution >= 0.6 is 11.6 Å². The molecule has 1 aromatic carbocycles. The van der Waals surface area contributed by atoms with Gasteiger partial charge in [0.05, 0.1) is 18.1 Å². The number of rotatable bonds is 6. The van der Waals surface area contributed by atoms with Crippen LogP contribution in [0.1, 0.15) is 30.6 Å². The van der Waals surface area contributed by atoms with E-state index in [0.29, 0.717) is 17.0 Å². The summed E-state index contributed by atoms with van der Waals surface area (Å²) in [6, 6.07) is 4.74. The predicted molar refractivity (Wildman–Crippen MR) is 79.4 cm³/mol. The molecule has 2 rings (SSSR count). The fraction of sp³-hybridized carbons (Fsp3) is 0.400. The molecule has 0 aliphatic carbocycles. The molecule has 0 aliphatic rings. The zero-order valence-electron chi connectivity index (χ0n) is 11.7. The minimum Gasteiger partial charge on any atom is -0.340 e. The van der Waals surface area contributed by atoms with E-state index >= 15 is 0 Å². The van der Waals surface area contributed by atoms with E-state index < -0.39 is 0 Å². The number of aromatic nitrogens is 2. The summed E-state index contributed by atoms with van der Waals surface area (Å²) in [5.74, 6) is -0.267. The highest BCUT2D eigenvalue weighted by atomic mass is 35.5. The minimum absolute atomic E-state index is 0.0365. The quantitative estimate of drug-likeness (QED) is 0.884. The lowest BCUT2D eigenvalue weighted by atomic mass is 10.0. The van der Waals surface area contributed by atoms with E-state index in [1.165, 1.54) is 6.07 Å². The lowest BCUT2D eigenvalue weighted by Gasteiger charge is -2.17. The molecule has 0 saturated heterocycles. The SMILES string of the molecule is CCCNC(Cc1c(F)cccc1Cl)c1cn(C)cn1. The molecule has 0 saturated carbocycles. The van der Waals surface area contributed by atoms with Crippen LogP contribution in [-0.2, 0) is 13.5 Å². The van der Waals surface area contributed by atoms with Crippen molar-refractivity contribution in [2.75, 3.05) is 6.54 Å². The lowest BCUT2D eigenvalue weighted by Crippen LogP contribution is -2.25.